The second-order valence-electron chi connectivity index (χ2n) is 5.84. The molecular weight excluding hydrogens is 323 g/mol. The number of nitrogens with two attached hydrogens (primary N) is 1. The minimum absolute atomic E-state index is 0.248. The molecule has 6 nitrogen and oxygen atoms in total. The van der Waals surface area contributed by atoms with Crippen LogP contribution in [-0.4, -0.2) is 28.7 Å². The second kappa shape index (κ2) is 7.40. The third-order valence-corrected chi connectivity index (χ3v) is 4.02. The van der Waals surface area contributed by atoms with E-state index >= 15 is 0 Å². The highest BCUT2D eigenvalue weighted by atomic mass is 19.1. The Morgan fingerprint density at radius 3 is 3.00 bits per heavy atom. The number of hydrogen-bond acceptors (Lipinski definition) is 5. The molecule has 3 rings (SSSR count). The average Bonchev–Trinajstić information content (AvgIpc) is 2.90. The van der Waals surface area contributed by atoms with Crippen LogP contribution in [0.15, 0.2) is 40.9 Å². The number of furan rings is 1. The fraction of sp³-hybridized carbons (Fsp3) is 0.278. The van der Waals surface area contributed by atoms with Crippen LogP contribution < -0.4 is 11.1 Å². The summed E-state index contributed by atoms with van der Waals surface area (Å²) < 4.78 is 18.8. The van der Waals surface area contributed by atoms with Crippen molar-refractivity contribution in [1.82, 2.24) is 15.5 Å². The van der Waals surface area contributed by atoms with Gasteiger partial charge in [0.25, 0.3) is 0 Å². The summed E-state index contributed by atoms with van der Waals surface area (Å²) in [7, 11) is 0. The minimum atomic E-state index is -0.687. The summed E-state index contributed by atoms with van der Waals surface area (Å²) >= 11 is 0. The van der Waals surface area contributed by atoms with Gasteiger partial charge in [0, 0.05) is 36.2 Å². The molecule has 2 heterocycles. The molecule has 0 aliphatic carbocycles. The van der Waals surface area contributed by atoms with E-state index in [4.69, 9.17) is 10.2 Å². The smallest absolute Gasteiger partial charge is 0.237 e. The lowest BCUT2D eigenvalue weighted by atomic mass is 10.1. The second-order valence-corrected chi connectivity index (χ2v) is 5.84. The van der Waals surface area contributed by atoms with Crippen LogP contribution in [0.4, 0.5) is 4.39 Å². The van der Waals surface area contributed by atoms with Crippen LogP contribution >= 0.6 is 0 Å². The molecular formula is C18H19FN4O2. The molecule has 0 bridgehead atoms. The summed E-state index contributed by atoms with van der Waals surface area (Å²) in [5.41, 5.74) is 8.04. The number of amides is 1. The molecule has 1 atom stereocenters. The van der Waals surface area contributed by atoms with E-state index in [0.717, 1.165) is 16.7 Å². The van der Waals surface area contributed by atoms with Crippen LogP contribution in [0.5, 0.6) is 0 Å². The normalized spacial score (nSPS) is 12.3. The van der Waals surface area contributed by atoms with Crippen LogP contribution in [0.25, 0.3) is 11.0 Å². The van der Waals surface area contributed by atoms with Crippen molar-refractivity contribution in [3.8, 4) is 0 Å². The lowest BCUT2D eigenvalue weighted by Gasteiger charge is -2.11. The van der Waals surface area contributed by atoms with Gasteiger partial charge in [-0.25, -0.2) is 4.39 Å². The lowest BCUT2D eigenvalue weighted by molar-refractivity contribution is -0.122. The minimum Gasteiger partial charge on any atom is -0.461 e. The van der Waals surface area contributed by atoms with Gasteiger partial charge in [-0.05, 0) is 37.6 Å². The largest absolute Gasteiger partial charge is 0.461 e. The Labute approximate surface area is 144 Å². The molecule has 7 heteroatoms. The zero-order valence-corrected chi connectivity index (χ0v) is 13.8. The van der Waals surface area contributed by atoms with Gasteiger partial charge in [-0.1, -0.05) is 0 Å². The van der Waals surface area contributed by atoms with Gasteiger partial charge < -0.3 is 15.5 Å². The van der Waals surface area contributed by atoms with Gasteiger partial charge in [0.15, 0.2) is 0 Å². The molecule has 3 N–H and O–H groups in total. The number of rotatable bonds is 6. The van der Waals surface area contributed by atoms with Gasteiger partial charge >= 0.3 is 0 Å². The zero-order chi connectivity index (χ0) is 17.8. The van der Waals surface area contributed by atoms with E-state index < -0.39 is 6.04 Å². The summed E-state index contributed by atoms with van der Waals surface area (Å²) in [6.07, 6.45) is 2.47. The van der Waals surface area contributed by atoms with Crippen molar-refractivity contribution < 1.29 is 13.6 Å². The summed E-state index contributed by atoms with van der Waals surface area (Å²) in [6.45, 7) is 2.24. The van der Waals surface area contributed by atoms with Crippen molar-refractivity contribution in [3.05, 3.63) is 59.4 Å². The van der Waals surface area contributed by atoms with E-state index in [1.807, 2.05) is 6.92 Å². The predicted octanol–water partition coefficient (Wildman–Crippen LogP) is 1.90. The average molecular weight is 342 g/mol. The first kappa shape index (κ1) is 17.0. The maximum atomic E-state index is 13.3. The summed E-state index contributed by atoms with van der Waals surface area (Å²) in [5.74, 6) is 0.136. The van der Waals surface area contributed by atoms with Gasteiger partial charge in [-0.15, -0.1) is 0 Å². The first-order valence-electron chi connectivity index (χ1n) is 8.02. The molecule has 0 spiro atoms. The highest BCUT2D eigenvalue weighted by molar-refractivity contribution is 5.83. The molecule has 3 aromatic rings. The van der Waals surface area contributed by atoms with E-state index in [1.54, 1.807) is 24.4 Å². The standard InChI is InChI=1S/C18H19FN4O2/c1-11-14(15-5-4-12(19)9-17(15)25-11)6-8-21-18(24)16(20)10-13-3-2-7-22-23-13/h2-5,7,9,16H,6,8,10,20H2,1H3,(H,21,24). The quantitative estimate of drug-likeness (QED) is 0.713. The summed E-state index contributed by atoms with van der Waals surface area (Å²) in [5, 5.41) is 11.4. The third kappa shape index (κ3) is 4.00. The molecule has 0 radical (unpaired) electrons. The first-order chi connectivity index (χ1) is 12.0. The molecule has 1 aromatic carbocycles. The van der Waals surface area contributed by atoms with E-state index in [2.05, 4.69) is 15.5 Å². The number of carbonyl (C=O) groups excluding carboxylic acids is 1. The van der Waals surface area contributed by atoms with E-state index in [0.29, 0.717) is 30.7 Å². The fourth-order valence-electron chi connectivity index (χ4n) is 2.76. The van der Waals surface area contributed by atoms with E-state index in [1.165, 1.54) is 12.1 Å². The molecule has 0 fully saturated rings. The highest BCUT2D eigenvalue weighted by Crippen LogP contribution is 2.26. The topological polar surface area (TPSA) is 94.0 Å². The molecule has 130 valence electrons. The van der Waals surface area contributed by atoms with Crippen LogP contribution in [0, 0.1) is 12.7 Å². The Morgan fingerprint density at radius 1 is 1.40 bits per heavy atom. The van der Waals surface area contributed by atoms with Crippen molar-refractivity contribution in [3.63, 3.8) is 0 Å². The predicted molar refractivity (Wildman–Crippen MR) is 91.3 cm³/mol. The van der Waals surface area contributed by atoms with Crippen LogP contribution in [0.2, 0.25) is 0 Å². The Hall–Kier alpha value is -2.80. The SMILES string of the molecule is Cc1oc2cc(F)ccc2c1CCNC(=O)C(N)Cc1cccnn1. The van der Waals surface area contributed by atoms with E-state index in [9.17, 15) is 9.18 Å². The molecule has 1 unspecified atom stereocenters. The summed E-state index contributed by atoms with van der Waals surface area (Å²) in [4.78, 5) is 12.1. The molecule has 25 heavy (non-hydrogen) atoms. The number of halogens is 1. The number of nitrogens with zero attached hydrogens (tertiary/aromatic N) is 2. The van der Waals surface area contributed by atoms with Crippen LogP contribution in [0.1, 0.15) is 17.0 Å². The lowest BCUT2D eigenvalue weighted by Crippen LogP contribution is -2.42. The number of hydrogen-bond donors (Lipinski definition) is 2. The molecule has 2 aromatic heterocycles. The fourth-order valence-corrected chi connectivity index (χ4v) is 2.76. The maximum Gasteiger partial charge on any atom is 0.237 e. The molecule has 0 aliphatic rings. The maximum absolute atomic E-state index is 13.3. The number of aromatic nitrogens is 2. The molecule has 1 amide bonds. The van der Waals surface area contributed by atoms with Crippen molar-refractivity contribution in [1.29, 1.82) is 0 Å². The Morgan fingerprint density at radius 2 is 2.24 bits per heavy atom. The number of benzene rings is 1. The number of nitrogens with one attached hydrogen (secondary N) is 1. The monoisotopic (exact) mass is 342 g/mol. The van der Waals surface area contributed by atoms with E-state index in [-0.39, 0.29) is 11.7 Å². The first-order valence-corrected chi connectivity index (χ1v) is 8.02. The van der Waals surface area contributed by atoms with Crippen LogP contribution in [-0.2, 0) is 17.6 Å². The van der Waals surface area contributed by atoms with Crippen molar-refractivity contribution in [2.75, 3.05) is 6.54 Å². The zero-order valence-electron chi connectivity index (χ0n) is 13.8. The number of fused-ring (bicyclic) bond motifs is 1. The van der Waals surface area contributed by atoms with Crippen LogP contribution in [0.3, 0.4) is 0 Å². The summed E-state index contributed by atoms with van der Waals surface area (Å²) in [6, 6.07) is 7.30. The Kier molecular flexibility index (Phi) is 5.04. The third-order valence-electron chi connectivity index (χ3n) is 4.02. The Bertz CT molecular complexity index is 879. The number of aryl methyl sites for hydroxylation is 1. The van der Waals surface area contributed by atoms with Gasteiger partial charge in [-0.2, -0.15) is 10.2 Å². The Balaban J connectivity index is 1.57. The van der Waals surface area contributed by atoms with Gasteiger partial charge in [-0.3, -0.25) is 4.79 Å². The highest BCUT2D eigenvalue weighted by Gasteiger charge is 2.16. The molecule has 0 aliphatic heterocycles. The molecule has 0 saturated heterocycles. The number of carbonyl (C=O) groups is 1. The van der Waals surface area contributed by atoms with Gasteiger partial charge in [0.2, 0.25) is 5.91 Å². The molecule has 0 saturated carbocycles. The van der Waals surface area contributed by atoms with Gasteiger partial charge in [0.05, 0.1) is 11.7 Å². The van der Waals surface area contributed by atoms with Gasteiger partial charge in [0.1, 0.15) is 17.2 Å². The van der Waals surface area contributed by atoms with Crippen molar-refractivity contribution >= 4 is 16.9 Å². The van der Waals surface area contributed by atoms with Crippen molar-refractivity contribution in [2.24, 2.45) is 5.73 Å². The van der Waals surface area contributed by atoms with Crippen molar-refractivity contribution in [2.45, 2.75) is 25.8 Å².